The number of benzene rings is 2. The van der Waals surface area contributed by atoms with Gasteiger partial charge < -0.3 is 4.84 Å². The monoisotopic (exact) mass is 375 g/mol. The van der Waals surface area contributed by atoms with Gasteiger partial charge in [-0.2, -0.15) is 0 Å². The minimum absolute atomic E-state index is 0.178. The van der Waals surface area contributed by atoms with E-state index in [1.807, 2.05) is 30.3 Å². The number of hydrogen-bond acceptors (Lipinski definition) is 3. The van der Waals surface area contributed by atoms with Crippen LogP contribution in [0.4, 0.5) is 0 Å². The Bertz CT molecular complexity index is 962. The van der Waals surface area contributed by atoms with Crippen molar-refractivity contribution in [2.24, 2.45) is 12.2 Å². The summed E-state index contributed by atoms with van der Waals surface area (Å²) in [6.45, 7) is 0.178. The summed E-state index contributed by atoms with van der Waals surface area (Å²) in [6, 6.07) is 14.7. The van der Waals surface area contributed by atoms with Gasteiger partial charge in [0.2, 0.25) is 0 Å². The number of halogens is 2. The van der Waals surface area contributed by atoms with Crippen LogP contribution < -0.4 is 5.56 Å². The van der Waals surface area contributed by atoms with Crippen LogP contribution in [-0.2, 0) is 18.5 Å². The van der Waals surface area contributed by atoms with E-state index in [0.717, 1.165) is 11.1 Å². The Balaban J connectivity index is 1.79. The lowest BCUT2D eigenvalue weighted by Gasteiger charge is -2.03. The molecule has 0 fully saturated rings. The summed E-state index contributed by atoms with van der Waals surface area (Å²) in [4.78, 5) is 17.5. The summed E-state index contributed by atoms with van der Waals surface area (Å²) in [5.41, 5.74) is 2.58. The first-order valence-electron chi connectivity index (χ1n) is 7.50. The van der Waals surface area contributed by atoms with Crippen molar-refractivity contribution in [2.45, 2.75) is 6.61 Å². The molecule has 2 aromatic carbocycles. The minimum Gasteiger partial charge on any atom is -0.391 e. The average Bonchev–Trinajstić information content (AvgIpc) is 2.89. The third-order valence-electron chi connectivity index (χ3n) is 3.64. The summed E-state index contributed by atoms with van der Waals surface area (Å²) >= 11 is 11.9. The van der Waals surface area contributed by atoms with E-state index < -0.39 is 0 Å². The quantitative estimate of drug-likeness (QED) is 0.535. The molecule has 0 aliphatic rings. The first-order valence-corrected chi connectivity index (χ1v) is 8.25. The van der Waals surface area contributed by atoms with Crippen molar-refractivity contribution in [2.75, 3.05) is 0 Å². The van der Waals surface area contributed by atoms with E-state index >= 15 is 0 Å². The number of aromatic amines is 1. The summed E-state index contributed by atoms with van der Waals surface area (Å²) in [6.07, 6.45) is 1.41. The van der Waals surface area contributed by atoms with Gasteiger partial charge in [0.25, 0.3) is 5.56 Å². The number of nitrogens with one attached hydrogen (secondary N) is 1. The van der Waals surface area contributed by atoms with Gasteiger partial charge in [0, 0.05) is 28.2 Å². The molecule has 3 rings (SSSR count). The highest BCUT2D eigenvalue weighted by molar-refractivity contribution is 6.35. The zero-order chi connectivity index (χ0) is 17.8. The lowest BCUT2D eigenvalue weighted by atomic mass is 10.1. The van der Waals surface area contributed by atoms with Gasteiger partial charge in [-0.3, -0.25) is 14.6 Å². The van der Waals surface area contributed by atoms with Gasteiger partial charge in [-0.05, 0) is 12.1 Å². The molecule has 0 saturated carbocycles. The predicted octanol–water partition coefficient (Wildman–Crippen LogP) is 4.24. The van der Waals surface area contributed by atoms with E-state index in [1.165, 1.54) is 10.9 Å². The maximum atomic E-state index is 12.3. The molecule has 0 bridgehead atoms. The number of oxime groups is 1. The molecule has 3 aromatic rings. The molecule has 1 heterocycles. The van der Waals surface area contributed by atoms with E-state index in [1.54, 1.807) is 25.2 Å². The van der Waals surface area contributed by atoms with Crippen molar-refractivity contribution >= 4 is 29.4 Å². The van der Waals surface area contributed by atoms with Gasteiger partial charge in [-0.15, -0.1) is 0 Å². The topological polar surface area (TPSA) is 59.4 Å². The van der Waals surface area contributed by atoms with Crippen LogP contribution in [-0.4, -0.2) is 16.0 Å². The fourth-order valence-electron chi connectivity index (χ4n) is 2.35. The number of rotatable bonds is 5. The lowest BCUT2D eigenvalue weighted by molar-refractivity contribution is 0.132. The molecule has 1 aromatic heterocycles. The molecule has 0 spiro atoms. The van der Waals surface area contributed by atoms with Crippen LogP contribution in [0.2, 0.25) is 10.0 Å². The Hall–Kier alpha value is -2.50. The lowest BCUT2D eigenvalue weighted by Crippen LogP contribution is -2.15. The second-order valence-electron chi connectivity index (χ2n) is 5.37. The number of nitrogens with zero attached hydrogens (tertiary/aromatic N) is 2. The zero-order valence-electron chi connectivity index (χ0n) is 13.4. The van der Waals surface area contributed by atoms with E-state index in [-0.39, 0.29) is 12.2 Å². The Labute approximate surface area is 154 Å². The fraction of sp³-hybridized carbons (Fsp3) is 0.111. The van der Waals surface area contributed by atoms with Crippen LogP contribution in [0.25, 0.3) is 11.3 Å². The molecule has 0 aliphatic heterocycles. The van der Waals surface area contributed by atoms with E-state index in [2.05, 4.69) is 10.3 Å². The first kappa shape index (κ1) is 17.3. The summed E-state index contributed by atoms with van der Waals surface area (Å²) in [5, 5.41) is 8.00. The number of hydrogen-bond donors (Lipinski definition) is 1. The van der Waals surface area contributed by atoms with Gasteiger partial charge in [-0.1, -0.05) is 64.8 Å². The van der Waals surface area contributed by atoms with Crippen molar-refractivity contribution < 1.29 is 4.84 Å². The average molecular weight is 376 g/mol. The molecular formula is C18H15Cl2N3O2. The van der Waals surface area contributed by atoms with Crippen LogP contribution in [0, 0.1) is 0 Å². The Kier molecular flexibility index (Phi) is 5.26. The minimum atomic E-state index is -0.185. The number of H-pyrrole nitrogens is 1. The summed E-state index contributed by atoms with van der Waals surface area (Å²) in [5.74, 6) is 0. The van der Waals surface area contributed by atoms with Gasteiger partial charge in [0.1, 0.15) is 6.61 Å². The normalized spacial score (nSPS) is 11.2. The van der Waals surface area contributed by atoms with Crippen LogP contribution in [0.15, 0.2) is 58.5 Å². The third-order valence-corrected chi connectivity index (χ3v) is 4.22. The number of aromatic nitrogens is 2. The molecule has 0 amide bonds. The highest BCUT2D eigenvalue weighted by atomic mass is 35.5. The second-order valence-corrected chi connectivity index (χ2v) is 6.22. The van der Waals surface area contributed by atoms with Crippen molar-refractivity contribution in [1.29, 1.82) is 0 Å². The van der Waals surface area contributed by atoms with Crippen LogP contribution in [0.5, 0.6) is 0 Å². The molecule has 5 nitrogen and oxygen atoms in total. The molecule has 128 valence electrons. The molecule has 0 atom stereocenters. The van der Waals surface area contributed by atoms with Gasteiger partial charge >= 0.3 is 0 Å². The first-order chi connectivity index (χ1) is 12.1. The third kappa shape index (κ3) is 3.95. The van der Waals surface area contributed by atoms with Crippen molar-refractivity contribution in [1.82, 2.24) is 9.78 Å². The van der Waals surface area contributed by atoms with E-state index in [4.69, 9.17) is 28.0 Å². The summed E-state index contributed by atoms with van der Waals surface area (Å²) < 4.78 is 1.40. The largest absolute Gasteiger partial charge is 0.391 e. The van der Waals surface area contributed by atoms with Crippen molar-refractivity contribution in [3.8, 4) is 11.3 Å². The predicted molar refractivity (Wildman–Crippen MR) is 100 cm³/mol. The zero-order valence-corrected chi connectivity index (χ0v) is 14.9. The molecular weight excluding hydrogens is 361 g/mol. The van der Waals surface area contributed by atoms with Crippen LogP contribution >= 0.6 is 23.2 Å². The van der Waals surface area contributed by atoms with Gasteiger partial charge in [-0.25, -0.2) is 0 Å². The van der Waals surface area contributed by atoms with Crippen molar-refractivity contribution in [3.05, 3.63) is 80.1 Å². The maximum Gasteiger partial charge on any atom is 0.275 e. The molecule has 25 heavy (non-hydrogen) atoms. The van der Waals surface area contributed by atoms with Crippen molar-refractivity contribution in [3.63, 3.8) is 0 Å². The Morgan fingerprint density at radius 1 is 1.20 bits per heavy atom. The SMILES string of the molecule is Cn1[nH]c(-c2ccccc2)c(/C=N/OCc2ccc(Cl)cc2Cl)c1=O. The maximum absolute atomic E-state index is 12.3. The standard InChI is InChI=1S/C18H15Cl2N3O2/c1-23-18(24)15(17(22-23)12-5-3-2-4-6-12)10-21-25-11-13-7-8-14(19)9-16(13)20/h2-10,22H,11H2,1H3/b21-10+. The summed E-state index contributed by atoms with van der Waals surface area (Å²) in [7, 11) is 1.65. The van der Waals surface area contributed by atoms with E-state index in [0.29, 0.717) is 21.3 Å². The molecule has 0 unspecified atom stereocenters. The highest BCUT2D eigenvalue weighted by Gasteiger charge is 2.12. The highest BCUT2D eigenvalue weighted by Crippen LogP contribution is 2.22. The number of aryl methyl sites for hydroxylation is 1. The van der Waals surface area contributed by atoms with Crippen LogP contribution in [0.3, 0.4) is 0 Å². The molecule has 1 N–H and O–H groups in total. The second kappa shape index (κ2) is 7.59. The van der Waals surface area contributed by atoms with Crippen LogP contribution in [0.1, 0.15) is 11.1 Å². The molecule has 7 heteroatoms. The molecule has 0 radical (unpaired) electrons. The fourth-order valence-corrected chi connectivity index (χ4v) is 2.81. The van der Waals surface area contributed by atoms with Gasteiger partial charge in [0.05, 0.1) is 17.5 Å². The Morgan fingerprint density at radius 3 is 2.68 bits per heavy atom. The smallest absolute Gasteiger partial charge is 0.275 e. The Morgan fingerprint density at radius 2 is 1.96 bits per heavy atom. The molecule has 0 saturated heterocycles. The molecule has 0 aliphatic carbocycles. The van der Waals surface area contributed by atoms with E-state index in [9.17, 15) is 4.79 Å². The van der Waals surface area contributed by atoms with Gasteiger partial charge in [0.15, 0.2) is 0 Å².